The normalized spacial score (nSPS) is 10.7. The van der Waals surface area contributed by atoms with Crippen molar-refractivity contribution < 1.29 is 4.74 Å². The van der Waals surface area contributed by atoms with E-state index in [-0.39, 0.29) is 0 Å². The molecule has 0 spiro atoms. The molecular formula is C18H15Cl2N3OS. The lowest BCUT2D eigenvalue weighted by molar-refractivity contribution is 0.461. The van der Waals surface area contributed by atoms with Gasteiger partial charge in [0.15, 0.2) is 0 Å². The molecule has 1 heterocycles. The number of hydrogen-bond donors (Lipinski definition) is 1. The smallest absolute Gasteiger partial charge is 0.247 e. The minimum Gasteiger partial charge on any atom is -0.437 e. The molecule has 0 aliphatic heterocycles. The number of nitrogens with two attached hydrogens (primary N) is 1. The highest BCUT2D eigenvalue weighted by Crippen LogP contribution is 2.36. The van der Waals surface area contributed by atoms with E-state index in [0.29, 0.717) is 27.4 Å². The van der Waals surface area contributed by atoms with Crippen LogP contribution in [-0.2, 0) is 0 Å². The van der Waals surface area contributed by atoms with Crippen molar-refractivity contribution in [3.8, 4) is 11.6 Å². The molecule has 0 saturated heterocycles. The van der Waals surface area contributed by atoms with Crippen LogP contribution in [-0.4, -0.2) is 9.97 Å². The molecule has 25 heavy (non-hydrogen) atoms. The highest BCUT2D eigenvalue weighted by molar-refractivity contribution is 7.99. The van der Waals surface area contributed by atoms with Crippen LogP contribution in [0.3, 0.4) is 0 Å². The Kier molecular flexibility index (Phi) is 5.37. The van der Waals surface area contributed by atoms with Crippen LogP contribution >= 0.6 is 35.0 Å². The molecule has 3 aromatic rings. The van der Waals surface area contributed by atoms with Crippen molar-refractivity contribution >= 4 is 40.7 Å². The zero-order valence-electron chi connectivity index (χ0n) is 13.6. The molecule has 128 valence electrons. The van der Waals surface area contributed by atoms with E-state index in [9.17, 15) is 0 Å². The molecule has 2 N–H and O–H groups in total. The highest BCUT2D eigenvalue weighted by Gasteiger charge is 2.13. The second-order valence-corrected chi connectivity index (χ2v) is 7.30. The Morgan fingerprint density at radius 2 is 1.64 bits per heavy atom. The summed E-state index contributed by atoms with van der Waals surface area (Å²) >= 11 is 13.5. The van der Waals surface area contributed by atoms with Gasteiger partial charge in [0.05, 0.1) is 0 Å². The van der Waals surface area contributed by atoms with Crippen molar-refractivity contribution in [1.29, 1.82) is 0 Å². The number of hydrogen-bond acceptors (Lipinski definition) is 5. The zero-order valence-corrected chi connectivity index (χ0v) is 15.9. The second-order valence-electron chi connectivity index (χ2n) is 5.43. The maximum absolute atomic E-state index is 6.19. The average molecular weight is 392 g/mol. The third kappa shape index (κ3) is 4.18. The first-order valence-electron chi connectivity index (χ1n) is 7.42. The Hall–Kier alpha value is -1.95. The lowest BCUT2D eigenvalue weighted by atomic mass is 10.1. The van der Waals surface area contributed by atoms with Crippen LogP contribution in [0.2, 0.25) is 10.0 Å². The van der Waals surface area contributed by atoms with Gasteiger partial charge in [-0.2, -0.15) is 4.98 Å². The van der Waals surface area contributed by atoms with E-state index in [4.69, 9.17) is 33.7 Å². The number of ether oxygens (including phenoxy) is 1. The monoisotopic (exact) mass is 391 g/mol. The lowest BCUT2D eigenvalue weighted by Gasteiger charge is -2.12. The van der Waals surface area contributed by atoms with Crippen molar-refractivity contribution in [3.63, 3.8) is 0 Å². The van der Waals surface area contributed by atoms with Crippen molar-refractivity contribution in [1.82, 2.24) is 9.97 Å². The number of benzene rings is 2. The predicted octanol–water partition coefficient (Wildman–Crippen LogP) is 5.93. The van der Waals surface area contributed by atoms with Gasteiger partial charge in [-0.1, -0.05) is 35.0 Å². The largest absolute Gasteiger partial charge is 0.437 e. The minimum atomic E-state index is 0.313. The predicted molar refractivity (Wildman–Crippen MR) is 103 cm³/mol. The van der Waals surface area contributed by atoms with Gasteiger partial charge in [0.25, 0.3) is 0 Å². The van der Waals surface area contributed by atoms with Crippen molar-refractivity contribution in [2.24, 2.45) is 0 Å². The van der Waals surface area contributed by atoms with Gasteiger partial charge in [-0.05, 0) is 61.4 Å². The van der Waals surface area contributed by atoms with Crippen molar-refractivity contribution in [2.75, 3.05) is 5.73 Å². The molecule has 2 aromatic carbocycles. The molecule has 4 nitrogen and oxygen atoms in total. The van der Waals surface area contributed by atoms with Crippen molar-refractivity contribution in [2.45, 2.75) is 23.8 Å². The van der Waals surface area contributed by atoms with Gasteiger partial charge in [0.2, 0.25) is 5.88 Å². The molecule has 0 aliphatic rings. The summed E-state index contributed by atoms with van der Waals surface area (Å²) in [5, 5.41) is 2.02. The van der Waals surface area contributed by atoms with Crippen LogP contribution in [0.5, 0.6) is 11.6 Å². The Bertz CT molecular complexity index is 894. The number of aryl methyl sites for hydroxylation is 2. The number of nitrogen functional groups attached to an aromatic ring is 1. The fourth-order valence-electron chi connectivity index (χ4n) is 2.22. The number of rotatable bonds is 4. The van der Waals surface area contributed by atoms with Crippen LogP contribution in [0.25, 0.3) is 0 Å². The van der Waals surface area contributed by atoms with Gasteiger partial charge in [-0.25, -0.2) is 4.98 Å². The van der Waals surface area contributed by atoms with E-state index in [2.05, 4.69) is 9.97 Å². The van der Waals surface area contributed by atoms with E-state index < -0.39 is 0 Å². The molecule has 7 heteroatoms. The summed E-state index contributed by atoms with van der Waals surface area (Å²) in [6, 6.07) is 11.1. The molecule has 0 amide bonds. The van der Waals surface area contributed by atoms with Gasteiger partial charge in [0.1, 0.15) is 22.8 Å². The summed E-state index contributed by atoms with van der Waals surface area (Å²) in [5.74, 6) is 0.944. The minimum absolute atomic E-state index is 0.313. The quantitative estimate of drug-likeness (QED) is 0.558. The summed E-state index contributed by atoms with van der Waals surface area (Å²) in [6.45, 7) is 3.85. The molecule has 0 aliphatic carbocycles. The molecule has 0 radical (unpaired) electrons. The molecule has 0 atom stereocenters. The van der Waals surface area contributed by atoms with Crippen LogP contribution in [0.15, 0.2) is 52.6 Å². The average Bonchev–Trinajstić information content (AvgIpc) is 2.58. The van der Waals surface area contributed by atoms with Gasteiger partial charge in [-0.3, -0.25) is 0 Å². The van der Waals surface area contributed by atoms with E-state index >= 15 is 0 Å². The molecule has 1 aromatic heterocycles. The van der Waals surface area contributed by atoms with E-state index in [1.807, 2.05) is 50.2 Å². The Morgan fingerprint density at radius 1 is 1.00 bits per heavy atom. The topological polar surface area (TPSA) is 61.0 Å². The van der Waals surface area contributed by atoms with E-state index in [1.165, 1.54) is 18.1 Å². The van der Waals surface area contributed by atoms with Crippen LogP contribution in [0, 0.1) is 13.8 Å². The first-order valence-corrected chi connectivity index (χ1v) is 9.00. The van der Waals surface area contributed by atoms with Gasteiger partial charge in [-0.15, -0.1) is 0 Å². The zero-order chi connectivity index (χ0) is 18.0. The summed E-state index contributed by atoms with van der Waals surface area (Å²) in [7, 11) is 0. The number of aromatic nitrogens is 2. The first-order chi connectivity index (χ1) is 11.9. The molecule has 3 rings (SSSR count). The molecule has 0 fully saturated rings. The summed E-state index contributed by atoms with van der Waals surface area (Å²) < 4.78 is 5.85. The maximum atomic E-state index is 6.19. The van der Waals surface area contributed by atoms with E-state index in [0.717, 1.165) is 21.0 Å². The molecule has 0 unspecified atom stereocenters. The third-order valence-corrected chi connectivity index (χ3v) is 5.34. The Balaban J connectivity index is 1.87. The molecule has 0 bridgehead atoms. The second kappa shape index (κ2) is 7.52. The van der Waals surface area contributed by atoms with Crippen LogP contribution in [0.1, 0.15) is 11.1 Å². The lowest BCUT2D eigenvalue weighted by Crippen LogP contribution is -1.99. The maximum Gasteiger partial charge on any atom is 0.247 e. The third-order valence-electron chi connectivity index (χ3n) is 3.46. The number of anilines is 1. The fraction of sp³-hybridized carbons (Fsp3) is 0.111. The van der Waals surface area contributed by atoms with Gasteiger partial charge >= 0.3 is 0 Å². The van der Waals surface area contributed by atoms with Gasteiger partial charge < -0.3 is 10.5 Å². The number of nitrogens with zero attached hydrogens (tertiary/aromatic N) is 2. The summed E-state index contributed by atoms with van der Waals surface area (Å²) in [5.41, 5.74) is 8.44. The standard InChI is InChI=1S/C18H15Cl2N3OS/c1-10-7-13(8-11(2)15(10)20)24-17-16(21)18(23-9-22-17)25-14-5-3-12(19)4-6-14/h3-9H,21H2,1-2H3. The Morgan fingerprint density at radius 3 is 2.28 bits per heavy atom. The van der Waals surface area contributed by atoms with Crippen LogP contribution in [0.4, 0.5) is 5.69 Å². The summed E-state index contributed by atoms with van der Waals surface area (Å²) in [6.07, 6.45) is 1.43. The van der Waals surface area contributed by atoms with Crippen LogP contribution < -0.4 is 10.5 Å². The Labute approximate surface area is 160 Å². The summed E-state index contributed by atoms with van der Waals surface area (Å²) in [4.78, 5) is 9.36. The van der Waals surface area contributed by atoms with Crippen molar-refractivity contribution in [3.05, 3.63) is 63.9 Å². The molecule has 0 saturated carbocycles. The van der Waals surface area contributed by atoms with Gasteiger partial charge in [0, 0.05) is 14.9 Å². The SMILES string of the molecule is Cc1cc(Oc2ncnc(Sc3ccc(Cl)cc3)c2N)cc(C)c1Cl. The molecular weight excluding hydrogens is 377 g/mol. The van der Waals surface area contributed by atoms with E-state index in [1.54, 1.807) is 0 Å². The highest BCUT2D eigenvalue weighted by atomic mass is 35.5. The first kappa shape index (κ1) is 17.9. The number of halogens is 2. The fourth-order valence-corrected chi connectivity index (χ4v) is 3.25.